The van der Waals surface area contributed by atoms with Crippen molar-refractivity contribution in [1.82, 2.24) is 15.2 Å². The lowest BCUT2D eigenvalue weighted by molar-refractivity contribution is 0.102. The molecule has 0 fully saturated rings. The Morgan fingerprint density at radius 2 is 1.83 bits per heavy atom. The van der Waals surface area contributed by atoms with Gasteiger partial charge in [-0.15, -0.1) is 5.10 Å². The Morgan fingerprint density at radius 1 is 1.00 bits per heavy atom. The van der Waals surface area contributed by atoms with E-state index in [1.165, 1.54) is 6.20 Å². The average Bonchev–Trinajstić information content (AvgIpc) is 3.20. The van der Waals surface area contributed by atoms with Gasteiger partial charge >= 0.3 is 6.01 Å². The number of halogens is 2. The van der Waals surface area contributed by atoms with Crippen molar-refractivity contribution >= 4 is 46.5 Å². The maximum absolute atomic E-state index is 12.2. The van der Waals surface area contributed by atoms with Gasteiger partial charge in [0.25, 0.3) is 5.91 Å². The molecule has 0 saturated heterocycles. The lowest BCUT2D eigenvalue weighted by atomic mass is 10.2. The van der Waals surface area contributed by atoms with Crippen LogP contribution in [0, 0.1) is 0 Å². The van der Waals surface area contributed by atoms with Crippen LogP contribution in [0.2, 0.25) is 10.0 Å². The number of hydrogen-bond acceptors (Lipinski definition) is 6. The zero-order valence-corrected chi connectivity index (χ0v) is 16.3. The van der Waals surface area contributed by atoms with Crippen LogP contribution in [0.25, 0.3) is 11.5 Å². The first-order chi connectivity index (χ1) is 14.1. The van der Waals surface area contributed by atoms with Gasteiger partial charge in [0.05, 0.1) is 16.3 Å². The highest BCUT2D eigenvalue weighted by atomic mass is 35.5. The zero-order chi connectivity index (χ0) is 20.2. The van der Waals surface area contributed by atoms with Crippen molar-refractivity contribution in [2.24, 2.45) is 0 Å². The molecule has 2 aromatic carbocycles. The molecule has 29 heavy (non-hydrogen) atoms. The van der Waals surface area contributed by atoms with Gasteiger partial charge in [0.2, 0.25) is 5.89 Å². The standard InChI is InChI=1S/C20H13Cl2N5O2/c21-14-5-8-17(16(22)10-14)25-20-27-26-19(29-20)12-3-6-15(7-4-12)24-18(28)13-2-1-9-23-11-13/h1-11H,(H,24,28)(H,25,27). The van der Waals surface area contributed by atoms with Gasteiger partial charge in [-0.2, -0.15) is 0 Å². The fraction of sp³-hybridized carbons (Fsp3) is 0. The van der Waals surface area contributed by atoms with Crippen molar-refractivity contribution in [1.29, 1.82) is 0 Å². The van der Waals surface area contributed by atoms with E-state index in [2.05, 4.69) is 25.8 Å². The predicted octanol–water partition coefficient (Wildman–Crippen LogP) is 5.43. The summed E-state index contributed by atoms with van der Waals surface area (Å²) >= 11 is 12.0. The zero-order valence-electron chi connectivity index (χ0n) is 14.8. The number of hydrogen-bond donors (Lipinski definition) is 2. The Labute approximate surface area is 175 Å². The van der Waals surface area contributed by atoms with Crippen molar-refractivity contribution in [2.75, 3.05) is 10.6 Å². The van der Waals surface area contributed by atoms with Crippen molar-refractivity contribution in [3.8, 4) is 11.5 Å². The van der Waals surface area contributed by atoms with Crippen LogP contribution in [-0.2, 0) is 0 Å². The van der Waals surface area contributed by atoms with E-state index in [1.807, 2.05) is 0 Å². The fourth-order valence-corrected chi connectivity index (χ4v) is 2.95. The number of rotatable bonds is 5. The molecule has 7 nitrogen and oxygen atoms in total. The lowest BCUT2D eigenvalue weighted by Crippen LogP contribution is -2.11. The van der Waals surface area contributed by atoms with Crippen LogP contribution < -0.4 is 10.6 Å². The monoisotopic (exact) mass is 425 g/mol. The average molecular weight is 426 g/mol. The Balaban J connectivity index is 1.45. The van der Waals surface area contributed by atoms with E-state index < -0.39 is 0 Å². The molecule has 0 spiro atoms. The van der Waals surface area contributed by atoms with Gasteiger partial charge in [0, 0.05) is 28.7 Å². The first kappa shape index (κ1) is 18.9. The van der Waals surface area contributed by atoms with Crippen LogP contribution in [0.5, 0.6) is 0 Å². The minimum absolute atomic E-state index is 0.193. The van der Waals surface area contributed by atoms with Gasteiger partial charge in [-0.1, -0.05) is 28.3 Å². The number of aromatic nitrogens is 3. The molecule has 2 heterocycles. The summed E-state index contributed by atoms with van der Waals surface area (Å²) in [4.78, 5) is 16.1. The summed E-state index contributed by atoms with van der Waals surface area (Å²) in [6.45, 7) is 0. The molecule has 0 aliphatic rings. The van der Waals surface area contributed by atoms with Gasteiger partial charge in [-0.25, -0.2) is 0 Å². The van der Waals surface area contributed by atoms with Crippen LogP contribution in [0.3, 0.4) is 0 Å². The molecule has 0 aliphatic heterocycles. The summed E-state index contributed by atoms with van der Waals surface area (Å²) in [6.07, 6.45) is 3.11. The molecular formula is C20H13Cl2N5O2. The van der Waals surface area contributed by atoms with Gasteiger partial charge in [-0.05, 0) is 54.6 Å². The quantitative estimate of drug-likeness (QED) is 0.442. The fourth-order valence-electron chi connectivity index (χ4n) is 2.49. The first-order valence-electron chi connectivity index (χ1n) is 8.46. The molecule has 2 N–H and O–H groups in total. The van der Waals surface area contributed by atoms with Crippen molar-refractivity contribution in [3.63, 3.8) is 0 Å². The summed E-state index contributed by atoms with van der Waals surface area (Å²) in [7, 11) is 0. The predicted molar refractivity (Wildman–Crippen MR) is 112 cm³/mol. The summed E-state index contributed by atoms with van der Waals surface area (Å²) in [6, 6.07) is 15.7. The molecule has 2 aromatic heterocycles. The molecule has 0 saturated carbocycles. The third kappa shape index (κ3) is 4.53. The van der Waals surface area contributed by atoms with Crippen LogP contribution in [0.15, 0.2) is 71.4 Å². The largest absolute Gasteiger partial charge is 0.403 e. The molecule has 0 unspecified atom stereocenters. The van der Waals surface area contributed by atoms with E-state index in [1.54, 1.807) is 60.8 Å². The number of carbonyl (C=O) groups excluding carboxylic acids is 1. The van der Waals surface area contributed by atoms with Gasteiger partial charge in [0.1, 0.15) is 0 Å². The van der Waals surface area contributed by atoms with Crippen LogP contribution in [0.1, 0.15) is 10.4 Å². The van der Waals surface area contributed by atoms with Crippen molar-refractivity contribution in [2.45, 2.75) is 0 Å². The van der Waals surface area contributed by atoms with Crippen molar-refractivity contribution in [3.05, 3.63) is 82.6 Å². The third-order valence-electron chi connectivity index (χ3n) is 3.91. The normalized spacial score (nSPS) is 10.6. The van der Waals surface area contributed by atoms with Crippen LogP contribution in [0.4, 0.5) is 17.4 Å². The highest BCUT2D eigenvalue weighted by Crippen LogP contribution is 2.29. The van der Waals surface area contributed by atoms with Crippen molar-refractivity contribution < 1.29 is 9.21 Å². The summed E-state index contributed by atoms with van der Waals surface area (Å²) in [5, 5.41) is 14.7. The molecule has 0 atom stereocenters. The smallest absolute Gasteiger partial charge is 0.320 e. The van der Waals surface area contributed by atoms with Gasteiger partial charge < -0.3 is 15.1 Å². The van der Waals surface area contributed by atoms with E-state index in [0.717, 1.165) is 0 Å². The number of pyridine rings is 1. The number of amides is 1. The number of nitrogens with one attached hydrogen (secondary N) is 2. The summed E-state index contributed by atoms with van der Waals surface area (Å²) < 4.78 is 5.63. The molecule has 4 aromatic rings. The minimum atomic E-state index is -0.241. The van der Waals surface area contributed by atoms with E-state index in [0.29, 0.717) is 38.4 Å². The first-order valence-corrected chi connectivity index (χ1v) is 9.21. The second-order valence-corrected chi connectivity index (χ2v) is 6.78. The maximum Gasteiger partial charge on any atom is 0.320 e. The van der Waals surface area contributed by atoms with Crippen LogP contribution in [-0.4, -0.2) is 21.1 Å². The molecule has 0 bridgehead atoms. The van der Waals surface area contributed by atoms with Gasteiger partial charge in [-0.3, -0.25) is 9.78 Å². The van der Waals surface area contributed by atoms with E-state index in [4.69, 9.17) is 27.6 Å². The Bertz CT molecular complexity index is 1150. The van der Waals surface area contributed by atoms with E-state index in [9.17, 15) is 4.79 Å². The molecule has 9 heteroatoms. The van der Waals surface area contributed by atoms with Gasteiger partial charge in [0.15, 0.2) is 0 Å². The Morgan fingerprint density at radius 3 is 2.55 bits per heavy atom. The van der Waals surface area contributed by atoms with E-state index in [-0.39, 0.29) is 11.9 Å². The minimum Gasteiger partial charge on any atom is -0.403 e. The number of anilines is 3. The molecular weight excluding hydrogens is 413 g/mol. The topological polar surface area (TPSA) is 92.9 Å². The number of nitrogens with zero attached hydrogens (tertiary/aromatic N) is 3. The highest BCUT2D eigenvalue weighted by molar-refractivity contribution is 6.36. The third-order valence-corrected chi connectivity index (χ3v) is 4.46. The Kier molecular flexibility index (Phi) is 5.41. The number of benzene rings is 2. The van der Waals surface area contributed by atoms with Crippen LogP contribution >= 0.6 is 23.2 Å². The highest BCUT2D eigenvalue weighted by Gasteiger charge is 2.11. The number of carbonyl (C=O) groups is 1. The second-order valence-electron chi connectivity index (χ2n) is 5.93. The summed E-state index contributed by atoms with van der Waals surface area (Å²) in [5.74, 6) is 0.0812. The molecule has 4 rings (SSSR count). The maximum atomic E-state index is 12.2. The summed E-state index contributed by atoms with van der Waals surface area (Å²) in [5.41, 5.74) is 2.41. The SMILES string of the molecule is O=C(Nc1ccc(-c2nnc(Nc3ccc(Cl)cc3Cl)o2)cc1)c1cccnc1. The molecule has 144 valence electrons. The molecule has 0 aliphatic carbocycles. The lowest BCUT2D eigenvalue weighted by Gasteiger charge is -2.05. The molecule has 0 radical (unpaired) electrons. The molecule has 1 amide bonds. The Hall–Kier alpha value is -3.42. The van der Waals surface area contributed by atoms with E-state index >= 15 is 0 Å². The second kappa shape index (κ2) is 8.30.